The molecular formula is C52H67N7O10. The van der Waals surface area contributed by atoms with Gasteiger partial charge in [0, 0.05) is 60.0 Å². The van der Waals surface area contributed by atoms with Crippen LogP contribution in [0.25, 0.3) is 16.5 Å². The van der Waals surface area contributed by atoms with Crippen molar-refractivity contribution in [1.29, 1.82) is 0 Å². The number of benzene rings is 4. The number of nitrogens with zero attached hydrogens (tertiary/aromatic N) is 4. The molecule has 2 aromatic heterocycles. The highest BCUT2D eigenvalue weighted by atomic mass is 16.6. The fourth-order valence-corrected chi connectivity index (χ4v) is 6.88. The Morgan fingerprint density at radius 3 is 1.91 bits per heavy atom. The van der Waals surface area contributed by atoms with E-state index >= 15 is 0 Å². The number of carbonyl (C=O) groups excluding carboxylic acids is 1. The smallest absolute Gasteiger partial charge is 0.324 e. The molecule has 4 aromatic carbocycles. The van der Waals surface area contributed by atoms with Crippen LogP contribution >= 0.6 is 0 Å². The van der Waals surface area contributed by atoms with E-state index in [0.29, 0.717) is 121 Å². The van der Waals surface area contributed by atoms with Crippen molar-refractivity contribution in [2.75, 3.05) is 116 Å². The van der Waals surface area contributed by atoms with Crippen LogP contribution in [-0.2, 0) is 45.0 Å². The Balaban J connectivity index is 0.932. The first-order valence-corrected chi connectivity index (χ1v) is 23.3. The van der Waals surface area contributed by atoms with Crippen LogP contribution < -0.4 is 25.4 Å². The zero-order valence-corrected chi connectivity index (χ0v) is 40.7. The molecule has 6 aromatic rings. The van der Waals surface area contributed by atoms with E-state index in [1.165, 1.54) is 0 Å². The molecule has 0 aliphatic heterocycles. The van der Waals surface area contributed by atoms with Gasteiger partial charge in [-0.25, -0.2) is 14.5 Å². The average molecular weight is 950 g/mol. The molecule has 0 saturated carbocycles. The number of nitrogens with one attached hydrogen (secondary N) is 3. The van der Waals surface area contributed by atoms with Crippen molar-refractivity contribution < 1.29 is 47.4 Å². The largest absolute Gasteiger partial charge is 0.497 e. The third-order valence-electron chi connectivity index (χ3n) is 10.5. The summed E-state index contributed by atoms with van der Waals surface area (Å²) in [4.78, 5) is 22.7. The molecule has 2 amide bonds. The Bertz CT molecular complexity index is 2480. The molecule has 370 valence electrons. The Morgan fingerprint density at radius 2 is 1.29 bits per heavy atom. The third-order valence-corrected chi connectivity index (χ3v) is 10.5. The van der Waals surface area contributed by atoms with Gasteiger partial charge in [-0.1, -0.05) is 62.7 Å². The predicted molar refractivity (Wildman–Crippen MR) is 267 cm³/mol. The first-order valence-electron chi connectivity index (χ1n) is 23.3. The van der Waals surface area contributed by atoms with E-state index in [-0.39, 0.29) is 5.41 Å². The van der Waals surface area contributed by atoms with Gasteiger partial charge in [0.25, 0.3) is 0 Å². The lowest BCUT2D eigenvalue weighted by Crippen LogP contribution is -2.21. The van der Waals surface area contributed by atoms with Crippen LogP contribution in [-0.4, -0.2) is 126 Å². The standard InChI is InChI=1S/C52H67N7O10/c1-38-13-15-41(16-14-38)59-48(37-47(58-59)52(2,3)4)56-51(60)55-45-17-18-46(44-12-8-7-11-43(44)45)69-49-19-20-53-50(57-49)54-40-34-39(35-42(36-40)62-6)10-9-21-63-24-25-65-28-29-67-32-33-68-31-30-66-27-26-64-23-22-61-5/h7-8,11-20,34-37H,9-10,21-33H2,1-6H3,(H,53,54,57)(H2,55,56,60). The Hall–Kier alpha value is -6.18. The molecule has 17 nitrogen and oxygen atoms in total. The van der Waals surface area contributed by atoms with Crippen LogP contribution in [0.2, 0.25) is 0 Å². The van der Waals surface area contributed by atoms with E-state index in [2.05, 4.69) is 46.7 Å². The minimum atomic E-state index is -0.406. The number of aryl methyl sites for hydroxylation is 2. The molecule has 0 unspecified atom stereocenters. The van der Waals surface area contributed by atoms with Gasteiger partial charge in [-0.15, -0.1) is 0 Å². The molecule has 69 heavy (non-hydrogen) atoms. The highest BCUT2D eigenvalue weighted by Crippen LogP contribution is 2.35. The van der Waals surface area contributed by atoms with E-state index in [1.54, 1.807) is 31.2 Å². The number of ether oxygens (including phenoxy) is 9. The minimum Gasteiger partial charge on any atom is -0.497 e. The van der Waals surface area contributed by atoms with E-state index in [0.717, 1.165) is 51.8 Å². The average Bonchev–Trinajstić information content (AvgIpc) is 3.77. The topological polar surface area (TPSA) is 180 Å². The molecule has 6 rings (SSSR count). The molecule has 0 spiro atoms. The van der Waals surface area contributed by atoms with E-state index in [9.17, 15) is 4.79 Å². The maximum absolute atomic E-state index is 13.6. The second-order valence-corrected chi connectivity index (χ2v) is 16.9. The van der Waals surface area contributed by atoms with Gasteiger partial charge < -0.3 is 53.3 Å². The summed E-state index contributed by atoms with van der Waals surface area (Å²) in [6.45, 7) is 15.1. The highest BCUT2D eigenvalue weighted by molar-refractivity contribution is 6.07. The number of amides is 2. The SMILES string of the molecule is COCCOCCOCCOCCOCCOCCOCCCc1cc(Nc2nccc(Oc3ccc(NC(=O)Nc4cc(C(C)(C)C)nn4-c4ccc(C)cc4)c4ccccc34)n2)cc(OC)c1. The van der Waals surface area contributed by atoms with Gasteiger partial charge in [0.05, 0.1) is 103 Å². The molecule has 0 aliphatic rings. The number of carbonyl (C=O) groups is 1. The van der Waals surface area contributed by atoms with Crippen molar-refractivity contribution >= 4 is 39.9 Å². The first kappa shape index (κ1) is 52.2. The van der Waals surface area contributed by atoms with Crippen molar-refractivity contribution in [2.45, 2.75) is 46.0 Å². The van der Waals surface area contributed by atoms with Gasteiger partial charge in [0.2, 0.25) is 11.8 Å². The monoisotopic (exact) mass is 949 g/mol. The summed E-state index contributed by atoms with van der Waals surface area (Å²) in [5.74, 6) is 2.51. The van der Waals surface area contributed by atoms with Crippen molar-refractivity contribution in [3.05, 3.63) is 114 Å². The molecular weight excluding hydrogens is 883 g/mol. The zero-order valence-electron chi connectivity index (χ0n) is 40.7. The van der Waals surface area contributed by atoms with E-state index in [4.69, 9.17) is 47.7 Å². The number of aromatic nitrogens is 4. The Kier molecular flexibility index (Phi) is 21.0. The van der Waals surface area contributed by atoms with Gasteiger partial charge in [-0.3, -0.25) is 5.32 Å². The second-order valence-electron chi connectivity index (χ2n) is 16.9. The molecule has 0 radical (unpaired) electrons. The van der Waals surface area contributed by atoms with Gasteiger partial charge >= 0.3 is 6.03 Å². The zero-order chi connectivity index (χ0) is 48.7. The number of methoxy groups -OCH3 is 2. The quantitative estimate of drug-likeness (QED) is 0.0364. The number of rotatable bonds is 30. The maximum Gasteiger partial charge on any atom is 0.324 e. The first-order chi connectivity index (χ1) is 33.6. The van der Waals surface area contributed by atoms with Gasteiger partial charge in [-0.2, -0.15) is 10.1 Å². The Morgan fingerprint density at radius 1 is 0.667 bits per heavy atom. The summed E-state index contributed by atoms with van der Waals surface area (Å²) in [7, 11) is 3.28. The number of hydrogen-bond donors (Lipinski definition) is 3. The second kappa shape index (κ2) is 27.7. The van der Waals surface area contributed by atoms with E-state index < -0.39 is 6.03 Å². The van der Waals surface area contributed by atoms with Gasteiger partial charge in [0.1, 0.15) is 17.3 Å². The van der Waals surface area contributed by atoms with Crippen LogP contribution in [0.1, 0.15) is 44.0 Å². The molecule has 0 atom stereocenters. The molecule has 0 fully saturated rings. The molecule has 0 aliphatic carbocycles. The lowest BCUT2D eigenvalue weighted by Gasteiger charge is -2.14. The van der Waals surface area contributed by atoms with E-state index in [1.807, 2.05) is 91.9 Å². The van der Waals surface area contributed by atoms with Crippen molar-refractivity contribution in [1.82, 2.24) is 19.7 Å². The normalized spacial score (nSPS) is 11.5. The molecule has 2 heterocycles. The number of fused-ring (bicyclic) bond motifs is 1. The maximum atomic E-state index is 13.6. The van der Waals surface area contributed by atoms with Crippen LogP contribution in [0, 0.1) is 6.92 Å². The lowest BCUT2D eigenvalue weighted by molar-refractivity contribution is -0.0191. The third kappa shape index (κ3) is 17.4. The lowest BCUT2D eigenvalue weighted by atomic mass is 9.92. The fourth-order valence-electron chi connectivity index (χ4n) is 6.88. The van der Waals surface area contributed by atoms with Crippen LogP contribution in [0.4, 0.5) is 27.9 Å². The number of urea groups is 1. The summed E-state index contributed by atoms with van der Waals surface area (Å²) in [5.41, 5.74) is 5.05. The minimum absolute atomic E-state index is 0.225. The summed E-state index contributed by atoms with van der Waals surface area (Å²) >= 11 is 0. The molecule has 3 N–H and O–H groups in total. The summed E-state index contributed by atoms with van der Waals surface area (Å²) < 4.78 is 51.9. The van der Waals surface area contributed by atoms with Gasteiger partial charge in [0.15, 0.2) is 0 Å². The van der Waals surface area contributed by atoms with Crippen molar-refractivity contribution in [3.8, 4) is 23.1 Å². The van der Waals surface area contributed by atoms with Crippen LogP contribution in [0.3, 0.4) is 0 Å². The molecule has 0 saturated heterocycles. The van der Waals surface area contributed by atoms with Crippen LogP contribution in [0.5, 0.6) is 17.4 Å². The van der Waals surface area contributed by atoms with Crippen molar-refractivity contribution in [3.63, 3.8) is 0 Å². The predicted octanol–water partition coefficient (Wildman–Crippen LogP) is 9.29. The number of hydrogen-bond acceptors (Lipinski definition) is 14. The fraction of sp³-hybridized carbons (Fsp3) is 0.423. The molecule has 0 bridgehead atoms. The summed E-state index contributed by atoms with van der Waals surface area (Å²) in [5, 5.41) is 15.8. The van der Waals surface area contributed by atoms with Crippen molar-refractivity contribution in [2.24, 2.45) is 0 Å². The van der Waals surface area contributed by atoms with Gasteiger partial charge in [-0.05, 0) is 61.7 Å². The molecule has 17 heteroatoms. The van der Waals surface area contributed by atoms with Crippen LogP contribution in [0.15, 0.2) is 97.2 Å². The number of anilines is 4. The summed E-state index contributed by atoms with van der Waals surface area (Å²) in [6, 6.07) is 28.5. The summed E-state index contributed by atoms with van der Waals surface area (Å²) in [6.07, 6.45) is 3.22. The Labute approximate surface area is 405 Å². The highest BCUT2D eigenvalue weighted by Gasteiger charge is 2.22.